The Balaban J connectivity index is 0.953. The lowest BCUT2D eigenvalue weighted by Crippen LogP contribution is -2.29. The first-order valence-electron chi connectivity index (χ1n) is 22.3. The Hall–Kier alpha value is -8.35. The van der Waals surface area contributed by atoms with Gasteiger partial charge in [0.2, 0.25) is 0 Å². The number of rotatable bonds is 8. The van der Waals surface area contributed by atoms with Gasteiger partial charge in [-0.25, -0.2) is 24.9 Å². The van der Waals surface area contributed by atoms with Gasteiger partial charge >= 0.3 is 0 Å². The minimum Gasteiger partial charge on any atom is -0.456 e. The minimum atomic E-state index is 0.589. The Morgan fingerprint density at radius 3 is 1.85 bits per heavy atom. The van der Waals surface area contributed by atoms with Gasteiger partial charge < -0.3 is 4.42 Å². The molecule has 0 spiro atoms. The second kappa shape index (κ2) is 16.4. The molecule has 6 nitrogen and oxygen atoms in total. The number of fused-ring (bicyclic) bond motifs is 4. The van der Waals surface area contributed by atoms with Gasteiger partial charge in [0, 0.05) is 38.6 Å². The lowest BCUT2D eigenvalue weighted by molar-refractivity contribution is 0.669. The van der Waals surface area contributed by atoms with Crippen LogP contribution in [0.5, 0.6) is 0 Å². The van der Waals surface area contributed by atoms with Crippen molar-refractivity contribution in [2.75, 3.05) is 0 Å². The van der Waals surface area contributed by atoms with Gasteiger partial charge in [-0.15, -0.1) is 0 Å². The first-order chi connectivity index (χ1) is 32.2. The van der Waals surface area contributed by atoms with Crippen molar-refractivity contribution in [3.05, 3.63) is 222 Å². The first-order valence-corrected chi connectivity index (χ1v) is 22.3. The SMILES string of the molecule is C1=C(c2cccc(-c3cc(C4=c5ccccc5=CCC4)nc(-c4ccccc4)n3)c2)CCC=C1c1nc(-c2cccc(-c3ccccc3)c2)nc(-c2ccc3c(c2)oc2ccccc23)n1. The highest BCUT2D eigenvalue weighted by molar-refractivity contribution is 6.05. The van der Waals surface area contributed by atoms with Gasteiger partial charge in [0.05, 0.1) is 11.4 Å². The molecule has 2 aliphatic carbocycles. The van der Waals surface area contributed by atoms with Gasteiger partial charge in [0.15, 0.2) is 23.3 Å². The predicted molar refractivity (Wildman–Crippen MR) is 263 cm³/mol. The predicted octanol–water partition coefficient (Wildman–Crippen LogP) is 12.9. The van der Waals surface area contributed by atoms with Crippen molar-refractivity contribution in [3.63, 3.8) is 0 Å². The van der Waals surface area contributed by atoms with Gasteiger partial charge in [-0.2, -0.15) is 0 Å². The van der Waals surface area contributed by atoms with E-state index in [1.54, 1.807) is 0 Å². The molecule has 0 saturated heterocycles. The van der Waals surface area contributed by atoms with E-state index in [2.05, 4.69) is 152 Å². The maximum absolute atomic E-state index is 6.32. The van der Waals surface area contributed by atoms with Crippen LogP contribution in [0.15, 0.2) is 199 Å². The zero-order chi connectivity index (χ0) is 43.1. The fourth-order valence-corrected chi connectivity index (χ4v) is 9.25. The number of furan rings is 1. The summed E-state index contributed by atoms with van der Waals surface area (Å²) in [4.78, 5) is 26.0. The Labute approximate surface area is 376 Å². The van der Waals surface area contributed by atoms with Crippen LogP contribution in [0, 0.1) is 0 Å². The Bertz CT molecular complexity index is 3660. The normalized spacial score (nSPS) is 13.6. The van der Waals surface area contributed by atoms with E-state index in [1.807, 2.05) is 48.5 Å². The van der Waals surface area contributed by atoms with E-state index < -0.39 is 0 Å². The largest absolute Gasteiger partial charge is 0.456 e. The molecule has 3 heterocycles. The summed E-state index contributed by atoms with van der Waals surface area (Å²) in [6, 6.07) is 63.1. The monoisotopic (exact) mass is 835 g/mol. The van der Waals surface area contributed by atoms with Crippen molar-refractivity contribution >= 4 is 44.7 Å². The number of para-hydroxylation sites is 1. The smallest absolute Gasteiger partial charge is 0.164 e. The molecule has 0 aliphatic heterocycles. The molecule has 12 rings (SSSR count). The van der Waals surface area contributed by atoms with Gasteiger partial charge in [-0.1, -0.05) is 158 Å². The van der Waals surface area contributed by atoms with Crippen LogP contribution < -0.4 is 10.4 Å². The maximum atomic E-state index is 6.32. The number of aromatic nitrogens is 5. The second-order valence-corrected chi connectivity index (χ2v) is 16.6. The van der Waals surface area contributed by atoms with Crippen LogP contribution in [0.1, 0.15) is 42.8 Å². The number of hydrogen-bond acceptors (Lipinski definition) is 6. The van der Waals surface area contributed by atoms with E-state index in [9.17, 15) is 0 Å². The van der Waals surface area contributed by atoms with E-state index in [-0.39, 0.29) is 0 Å². The molecule has 0 amide bonds. The number of hydrogen-bond donors (Lipinski definition) is 0. The molecule has 2 aliphatic rings. The summed E-state index contributed by atoms with van der Waals surface area (Å²) in [5.74, 6) is 2.55. The summed E-state index contributed by atoms with van der Waals surface area (Å²) in [6.07, 6.45) is 10.5. The topological polar surface area (TPSA) is 77.6 Å². The molecule has 0 saturated carbocycles. The summed E-state index contributed by atoms with van der Waals surface area (Å²) in [6.45, 7) is 0. The molecular weight excluding hydrogens is 795 g/mol. The fourth-order valence-electron chi connectivity index (χ4n) is 9.25. The zero-order valence-corrected chi connectivity index (χ0v) is 35.5. The Kier molecular flexibility index (Phi) is 9.68. The highest BCUT2D eigenvalue weighted by Gasteiger charge is 2.20. The minimum absolute atomic E-state index is 0.589. The molecule has 3 aromatic heterocycles. The summed E-state index contributed by atoms with van der Waals surface area (Å²) >= 11 is 0. The maximum Gasteiger partial charge on any atom is 0.164 e. The van der Waals surface area contributed by atoms with Gasteiger partial charge in [-0.05, 0) is 106 Å². The molecule has 0 N–H and O–H groups in total. The van der Waals surface area contributed by atoms with E-state index in [0.29, 0.717) is 17.5 Å². The summed E-state index contributed by atoms with van der Waals surface area (Å²) < 4.78 is 6.32. The molecule has 0 atom stereocenters. The standard InChI is InChI=1S/C59H41N5O/c1-3-15-38(16-4-1)41-21-12-25-45(34-41)57-62-58(64-59(63-57)47-31-32-51-50-28-9-10-30-54(50)65-55(51)36-47)46-26-13-23-43(35-46)42-22-11-24-44(33-42)52-37-53(61-56(60-52)40-18-5-2-6-19-40)49-29-14-20-39-17-7-8-27-48(39)49/h1-12,15-22,24-28,30-37H,13-14,23,29H2. The summed E-state index contributed by atoms with van der Waals surface area (Å²) in [5.41, 5.74) is 14.1. The van der Waals surface area contributed by atoms with Crippen molar-refractivity contribution in [1.29, 1.82) is 0 Å². The van der Waals surface area contributed by atoms with Crippen LogP contribution in [0.25, 0.3) is 101 Å². The molecule has 0 fully saturated rings. The van der Waals surface area contributed by atoms with Crippen molar-refractivity contribution < 1.29 is 4.42 Å². The van der Waals surface area contributed by atoms with Crippen LogP contribution in [0.2, 0.25) is 0 Å². The van der Waals surface area contributed by atoms with Crippen molar-refractivity contribution in [1.82, 2.24) is 24.9 Å². The number of benzene rings is 7. The average Bonchev–Trinajstić information content (AvgIpc) is 3.77. The molecule has 65 heavy (non-hydrogen) atoms. The molecule has 308 valence electrons. The highest BCUT2D eigenvalue weighted by atomic mass is 16.3. The third-order valence-electron chi connectivity index (χ3n) is 12.5. The zero-order valence-electron chi connectivity index (χ0n) is 35.5. The molecule has 7 aromatic carbocycles. The van der Waals surface area contributed by atoms with E-state index in [1.165, 1.54) is 21.6 Å². The van der Waals surface area contributed by atoms with E-state index >= 15 is 0 Å². The van der Waals surface area contributed by atoms with Gasteiger partial charge in [0.25, 0.3) is 0 Å². The highest BCUT2D eigenvalue weighted by Crippen LogP contribution is 2.36. The molecular formula is C59H41N5O. The molecule has 6 heteroatoms. The number of nitrogens with zero attached hydrogens (tertiary/aromatic N) is 5. The van der Waals surface area contributed by atoms with Gasteiger partial charge in [-0.3, -0.25) is 0 Å². The molecule has 0 unspecified atom stereocenters. The van der Waals surface area contributed by atoms with E-state index in [4.69, 9.17) is 29.3 Å². The lowest BCUT2D eigenvalue weighted by atomic mass is 9.91. The Morgan fingerprint density at radius 2 is 0.985 bits per heavy atom. The molecule has 0 bridgehead atoms. The van der Waals surface area contributed by atoms with Gasteiger partial charge in [0.1, 0.15) is 11.2 Å². The fraction of sp³-hybridized carbons (Fsp3) is 0.0678. The average molecular weight is 836 g/mol. The van der Waals surface area contributed by atoms with Crippen molar-refractivity contribution in [3.8, 4) is 56.5 Å². The Morgan fingerprint density at radius 1 is 0.369 bits per heavy atom. The quantitative estimate of drug-likeness (QED) is 0.152. The third-order valence-corrected chi connectivity index (χ3v) is 12.5. The lowest BCUT2D eigenvalue weighted by Gasteiger charge is -2.17. The number of allylic oxidation sites excluding steroid dienone is 4. The third kappa shape index (κ3) is 7.45. The van der Waals surface area contributed by atoms with Crippen molar-refractivity contribution in [2.45, 2.75) is 25.7 Å². The molecule has 0 radical (unpaired) electrons. The summed E-state index contributed by atoms with van der Waals surface area (Å²) in [7, 11) is 0. The van der Waals surface area contributed by atoms with E-state index in [0.717, 1.165) is 109 Å². The van der Waals surface area contributed by atoms with Crippen LogP contribution in [-0.2, 0) is 0 Å². The first kappa shape index (κ1) is 38.3. The molecule has 10 aromatic rings. The van der Waals surface area contributed by atoms with Crippen LogP contribution in [-0.4, -0.2) is 24.9 Å². The summed E-state index contributed by atoms with van der Waals surface area (Å²) in [5, 5.41) is 4.65. The van der Waals surface area contributed by atoms with Crippen LogP contribution >= 0.6 is 0 Å². The van der Waals surface area contributed by atoms with Crippen molar-refractivity contribution in [2.24, 2.45) is 0 Å². The van der Waals surface area contributed by atoms with Crippen LogP contribution in [0.3, 0.4) is 0 Å². The van der Waals surface area contributed by atoms with Crippen LogP contribution in [0.4, 0.5) is 0 Å². The second-order valence-electron chi connectivity index (χ2n) is 16.6.